The molecule has 0 saturated heterocycles. The molecule has 1 rings (SSSR count). The molecule has 0 heterocycles. The highest BCUT2D eigenvalue weighted by molar-refractivity contribution is 4.80. The number of rotatable bonds is 3. The van der Waals surface area contributed by atoms with Crippen molar-refractivity contribution in [1.82, 2.24) is 0 Å². The van der Waals surface area contributed by atoms with Crippen LogP contribution in [0.15, 0.2) is 0 Å². The number of hydrogen-bond acceptors (Lipinski definition) is 1. The van der Waals surface area contributed by atoms with Gasteiger partial charge < -0.3 is 5.11 Å². The van der Waals surface area contributed by atoms with E-state index in [0.29, 0.717) is 5.92 Å². The molecule has 0 aromatic rings. The summed E-state index contributed by atoms with van der Waals surface area (Å²) in [6, 6.07) is 0. The molecule has 0 spiro atoms. The highest BCUT2D eigenvalue weighted by Crippen LogP contribution is 2.35. The fraction of sp³-hybridized carbons (Fsp3) is 1.00. The molecule has 1 saturated carbocycles. The monoisotopic (exact) mass is 184 g/mol. The van der Waals surface area contributed by atoms with Crippen LogP contribution >= 0.6 is 0 Å². The van der Waals surface area contributed by atoms with Gasteiger partial charge in [-0.15, -0.1) is 0 Å². The first kappa shape index (κ1) is 11.0. The second kappa shape index (κ2) is 4.99. The van der Waals surface area contributed by atoms with Crippen LogP contribution in [0.2, 0.25) is 0 Å². The smallest absolute Gasteiger partial charge is 0.0568 e. The Morgan fingerprint density at radius 1 is 1.31 bits per heavy atom. The zero-order valence-electron chi connectivity index (χ0n) is 9.29. The number of aliphatic hydroxyl groups is 1. The Labute approximate surface area is 82.5 Å². The standard InChI is InChI=1S/C12H24O/c1-4-5-11-8-10(9(2)3)6-7-12(11)13/h9-13H,4-8H2,1-3H3. The molecule has 0 aliphatic heterocycles. The van der Waals surface area contributed by atoms with Gasteiger partial charge in [-0.2, -0.15) is 0 Å². The zero-order valence-corrected chi connectivity index (χ0v) is 9.29. The summed E-state index contributed by atoms with van der Waals surface area (Å²) in [6.45, 7) is 6.84. The van der Waals surface area contributed by atoms with E-state index in [-0.39, 0.29) is 6.10 Å². The molecule has 0 amide bonds. The summed E-state index contributed by atoms with van der Waals surface area (Å²) in [5.74, 6) is 2.25. The Morgan fingerprint density at radius 3 is 2.54 bits per heavy atom. The van der Waals surface area contributed by atoms with Crippen molar-refractivity contribution >= 4 is 0 Å². The molecule has 0 aromatic carbocycles. The quantitative estimate of drug-likeness (QED) is 0.714. The first-order valence-corrected chi connectivity index (χ1v) is 5.83. The molecule has 1 heteroatoms. The third-order valence-corrected chi connectivity index (χ3v) is 3.59. The van der Waals surface area contributed by atoms with Gasteiger partial charge in [0, 0.05) is 0 Å². The highest BCUT2D eigenvalue weighted by atomic mass is 16.3. The van der Waals surface area contributed by atoms with Crippen molar-refractivity contribution in [2.45, 2.75) is 59.0 Å². The Hall–Kier alpha value is -0.0400. The summed E-state index contributed by atoms with van der Waals surface area (Å²) in [5.41, 5.74) is 0. The predicted molar refractivity (Wildman–Crippen MR) is 56.6 cm³/mol. The van der Waals surface area contributed by atoms with Crippen LogP contribution in [0.1, 0.15) is 52.9 Å². The summed E-state index contributed by atoms with van der Waals surface area (Å²) in [7, 11) is 0. The maximum Gasteiger partial charge on any atom is 0.0568 e. The SMILES string of the molecule is CCCC1CC(C(C)C)CCC1O. The van der Waals surface area contributed by atoms with E-state index in [9.17, 15) is 5.11 Å². The molecular weight excluding hydrogens is 160 g/mol. The molecule has 1 aliphatic rings. The maximum atomic E-state index is 9.80. The van der Waals surface area contributed by atoms with Gasteiger partial charge in [-0.05, 0) is 43.4 Å². The topological polar surface area (TPSA) is 20.2 Å². The first-order chi connectivity index (χ1) is 6.15. The van der Waals surface area contributed by atoms with Crippen molar-refractivity contribution in [2.24, 2.45) is 17.8 Å². The lowest BCUT2D eigenvalue weighted by molar-refractivity contribution is 0.0333. The zero-order chi connectivity index (χ0) is 9.84. The molecule has 0 radical (unpaired) electrons. The van der Waals surface area contributed by atoms with E-state index in [1.54, 1.807) is 0 Å². The van der Waals surface area contributed by atoms with E-state index in [1.165, 1.54) is 25.7 Å². The van der Waals surface area contributed by atoms with Crippen molar-refractivity contribution in [3.05, 3.63) is 0 Å². The fourth-order valence-corrected chi connectivity index (χ4v) is 2.57. The second-order valence-electron chi connectivity index (χ2n) is 4.93. The normalized spacial score (nSPS) is 35.3. The van der Waals surface area contributed by atoms with Gasteiger partial charge in [0.2, 0.25) is 0 Å². The lowest BCUT2D eigenvalue weighted by Crippen LogP contribution is -2.30. The van der Waals surface area contributed by atoms with Crippen LogP contribution in [0.5, 0.6) is 0 Å². The molecule has 1 nitrogen and oxygen atoms in total. The van der Waals surface area contributed by atoms with Crippen LogP contribution < -0.4 is 0 Å². The Morgan fingerprint density at radius 2 is 2.00 bits per heavy atom. The van der Waals surface area contributed by atoms with Gasteiger partial charge in [-0.25, -0.2) is 0 Å². The summed E-state index contributed by atoms with van der Waals surface area (Å²) >= 11 is 0. The van der Waals surface area contributed by atoms with Gasteiger partial charge in [0.1, 0.15) is 0 Å². The van der Waals surface area contributed by atoms with Crippen LogP contribution in [-0.2, 0) is 0 Å². The Bertz CT molecular complexity index is 142. The molecular formula is C12H24O. The average Bonchev–Trinajstić information content (AvgIpc) is 2.08. The fourth-order valence-electron chi connectivity index (χ4n) is 2.57. The number of hydrogen-bond donors (Lipinski definition) is 1. The van der Waals surface area contributed by atoms with Crippen LogP contribution in [-0.4, -0.2) is 11.2 Å². The third-order valence-electron chi connectivity index (χ3n) is 3.59. The van der Waals surface area contributed by atoms with E-state index >= 15 is 0 Å². The van der Waals surface area contributed by atoms with Crippen molar-refractivity contribution in [3.8, 4) is 0 Å². The minimum atomic E-state index is -0.00468. The van der Waals surface area contributed by atoms with Crippen molar-refractivity contribution in [1.29, 1.82) is 0 Å². The summed E-state index contributed by atoms with van der Waals surface area (Å²) in [4.78, 5) is 0. The van der Waals surface area contributed by atoms with Gasteiger partial charge in [-0.1, -0.05) is 27.2 Å². The molecule has 0 aromatic heterocycles. The molecule has 3 atom stereocenters. The summed E-state index contributed by atoms with van der Waals surface area (Å²) in [6.07, 6.45) is 5.95. The van der Waals surface area contributed by atoms with E-state index in [4.69, 9.17) is 0 Å². The molecule has 1 fully saturated rings. The van der Waals surface area contributed by atoms with E-state index in [0.717, 1.165) is 18.3 Å². The van der Waals surface area contributed by atoms with E-state index in [1.807, 2.05) is 0 Å². The maximum absolute atomic E-state index is 9.80. The minimum absolute atomic E-state index is 0.00468. The highest BCUT2D eigenvalue weighted by Gasteiger charge is 2.29. The first-order valence-electron chi connectivity index (χ1n) is 5.83. The lowest BCUT2D eigenvalue weighted by atomic mass is 9.73. The molecule has 1 N–H and O–H groups in total. The molecule has 3 unspecified atom stereocenters. The second-order valence-corrected chi connectivity index (χ2v) is 4.93. The van der Waals surface area contributed by atoms with Gasteiger partial charge >= 0.3 is 0 Å². The van der Waals surface area contributed by atoms with Crippen molar-refractivity contribution in [3.63, 3.8) is 0 Å². The Balaban J connectivity index is 2.42. The van der Waals surface area contributed by atoms with Crippen molar-refractivity contribution < 1.29 is 5.11 Å². The Kier molecular flexibility index (Phi) is 4.24. The van der Waals surface area contributed by atoms with E-state index in [2.05, 4.69) is 20.8 Å². The largest absolute Gasteiger partial charge is 0.393 e. The van der Waals surface area contributed by atoms with Crippen molar-refractivity contribution in [2.75, 3.05) is 0 Å². The molecule has 13 heavy (non-hydrogen) atoms. The van der Waals surface area contributed by atoms with Crippen LogP contribution in [0.3, 0.4) is 0 Å². The van der Waals surface area contributed by atoms with Crippen LogP contribution in [0.4, 0.5) is 0 Å². The summed E-state index contributed by atoms with van der Waals surface area (Å²) in [5, 5.41) is 9.80. The predicted octanol–water partition coefficient (Wildman–Crippen LogP) is 3.22. The van der Waals surface area contributed by atoms with Gasteiger partial charge in [0.25, 0.3) is 0 Å². The minimum Gasteiger partial charge on any atom is -0.393 e. The third kappa shape index (κ3) is 2.98. The van der Waals surface area contributed by atoms with Crippen LogP contribution in [0.25, 0.3) is 0 Å². The molecule has 0 bridgehead atoms. The average molecular weight is 184 g/mol. The number of aliphatic hydroxyl groups excluding tert-OH is 1. The molecule has 1 aliphatic carbocycles. The van der Waals surface area contributed by atoms with E-state index < -0.39 is 0 Å². The lowest BCUT2D eigenvalue weighted by Gasteiger charge is -2.35. The van der Waals surface area contributed by atoms with Crippen LogP contribution in [0, 0.1) is 17.8 Å². The summed E-state index contributed by atoms with van der Waals surface area (Å²) < 4.78 is 0. The van der Waals surface area contributed by atoms with Gasteiger partial charge in [0.05, 0.1) is 6.10 Å². The molecule has 78 valence electrons. The van der Waals surface area contributed by atoms with Gasteiger partial charge in [-0.3, -0.25) is 0 Å². The van der Waals surface area contributed by atoms with Gasteiger partial charge in [0.15, 0.2) is 0 Å².